The van der Waals surface area contributed by atoms with E-state index in [0.29, 0.717) is 29.2 Å². The number of esters is 1. The molecule has 0 saturated carbocycles. The number of ether oxygens (including phenoxy) is 2. The minimum absolute atomic E-state index is 0.130. The molecule has 0 atom stereocenters. The van der Waals surface area contributed by atoms with Crippen LogP contribution in [0.1, 0.15) is 34.6 Å². The highest BCUT2D eigenvalue weighted by Gasteiger charge is 2.14. The fourth-order valence-electron chi connectivity index (χ4n) is 2.39. The van der Waals surface area contributed by atoms with E-state index in [4.69, 9.17) is 9.47 Å². The van der Waals surface area contributed by atoms with E-state index in [0.717, 1.165) is 0 Å². The summed E-state index contributed by atoms with van der Waals surface area (Å²) < 4.78 is 10.2. The molecule has 8 nitrogen and oxygen atoms in total. The van der Waals surface area contributed by atoms with Gasteiger partial charge in [-0.1, -0.05) is 24.3 Å². The van der Waals surface area contributed by atoms with E-state index in [1.165, 1.54) is 13.0 Å². The van der Waals surface area contributed by atoms with Gasteiger partial charge in [-0.15, -0.1) is 0 Å². The first-order valence-corrected chi connectivity index (χ1v) is 8.97. The van der Waals surface area contributed by atoms with Crippen LogP contribution in [0, 0.1) is 0 Å². The molecule has 2 rings (SSSR count). The van der Waals surface area contributed by atoms with E-state index in [9.17, 15) is 19.2 Å². The van der Waals surface area contributed by atoms with E-state index >= 15 is 0 Å². The highest BCUT2D eigenvalue weighted by Crippen LogP contribution is 2.17. The third-order valence-corrected chi connectivity index (χ3v) is 3.74. The van der Waals surface area contributed by atoms with Gasteiger partial charge in [-0.25, -0.2) is 0 Å². The molecule has 0 aromatic heterocycles. The van der Waals surface area contributed by atoms with Crippen molar-refractivity contribution in [2.45, 2.75) is 13.8 Å². The molecule has 0 heterocycles. The lowest BCUT2D eigenvalue weighted by Gasteiger charge is -2.10. The van der Waals surface area contributed by atoms with Gasteiger partial charge in [-0.3, -0.25) is 19.2 Å². The third kappa shape index (κ3) is 6.76. The van der Waals surface area contributed by atoms with E-state index in [2.05, 4.69) is 10.6 Å². The fraction of sp³-hybridized carbons (Fsp3) is 0.238. The van der Waals surface area contributed by atoms with Gasteiger partial charge in [-0.05, 0) is 38.1 Å². The van der Waals surface area contributed by atoms with Crippen LogP contribution in [0.3, 0.4) is 0 Å². The van der Waals surface area contributed by atoms with E-state index < -0.39 is 30.9 Å². The van der Waals surface area contributed by atoms with Crippen molar-refractivity contribution in [2.24, 2.45) is 0 Å². The van der Waals surface area contributed by atoms with Crippen LogP contribution in [0.15, 0.2) is 48.5 Å². The number of amides is 2. The Morgan fingerprint density at radius 3 is 2.48 bits per heavy atom. The first-order valence-electron chi connectivity index (χ1n) is 8.97. The molecule has 0 radical (unpaired) electrons. The number of carbonyl (C=O) groups is 4. The summed E-state index contributed by atoms with van der Waals surface area (Å²) in [4.78, 5) is 47.3. The zero-order valence-corrected chi connectivity index (χ0v) is 16.2. The molecular weight excluding hydrogens is 376 g/mol. The summed E-state index contributed by atoms with van der Waals surface area (Å²) in [5, 5.41) is 4.96. The first kappa shape index (κ1) is 21.6. The Morgan fingerprint density at radius 2 is 1.76 bits per heavy atom. The average molecular weight is 398 g/mol. The van der Waals surface area contributed by atoms with Crippen LogP contribution in [-0.4, -0.2) is 43.3 Å². The Bertz CT molecular complexity index is 910. The molecule has 0 aliphatic rings. The molecule has 29 heavy (non-hydrogen) atoms. The van der Waals surface area contributed by atoms with Crippen molar-refractivity contribution < 1.29 is 28.7 Å². The number of hydrogen-bond acceptors (Lipinski definition) is 6. The number of Topliss-reactive ketones (excluding diaryl/α,β-unsaturated/α-hetero) is 1. The molecule has 0 fully saturated rings. The number of nitrogens with one attached hydrogen (secondary N) is 2. The van der Waals surface area contributed by atoms with Gasteiger partial charge in [0.05, 0.1) is 12.2 Å². The minimum Gasteiger partial charge on any atom is -0.493 e. The quantitative estimate of drug-likeness (QED) is 0.495. The molecule has 0 saturated heterocycles. The van der Waals surface area contributed by atoms with Crippen LogP contribution in [0.25, 0.3) is 0 Å². The largest absolute Gasteiger partial charge is 0.493 e. The van der Waals surface area contributed by atoms with Crippen LogP contribution in [0.2, 0.25) is 0 Å². The zero-order valence-electron chi connectivity index (χ0n) is 16.2. The average Bonchev–Trinajstić information content (AvgIpc) is 2.71. The highest BCUT2D eigenvalue weighted by molar-refractivity contribution is 5.99. The molecule has 0 spiro atoms. The predicted molar refractivity (Wildman–Crippen MR) is 106 cm³/mol. The number of benzene rings is 2. The van der Waals surface area contributed by atoms with Gasteiger partial charge in [0.2, 0.25) is 0 Å². The Morgan fingerprint density at radius 1 is 1.00 bits per heavy atom. The second kappa shape index (κ2) is 10.6. The lowest BCUT2D eigenvalue weighted by atomic mass is 10.1. The summed E-state index contributed by atoms with van der Waals surface area (Å²) in [6, 6.07) is 13.1. The van der Waals surface area contributed by atoms with Gasteiger partial charge in [-0.2, -0.15) is 0 Å². The van der Waals surface area contributed by atoms with Crippen molar-refractivity contribution in [1.82, 2.24) is 5.32 Å². The molecule has 2 aromatic rings. The summed E-state index contributed by atoms with van der Waals surface area (Å²) in [5.41, 5.74) is 1.17. The van der Waals surface area contributed by atoms with Crippen molar-refractivity contribution in [3.8, 4) is 5.75 Å². The summed E-state index contributed by atoms with van der Waals surface area (Å²) in [7, 11) is 0. The monoisotopic (exact) mass is 398 g/mol. The lowest BCUT2D eigenvalue weighted by Crippen LogP contribution is -2.32. The Labute approximate surface area is 168 Å². The molecular formula is C21H22N2O6. The Hall–Kier alpha value is -3.68. The number of hydrogen-bond donors (Lipinski definition) is 2. The number of para-hydroxylation sites is 1. The molecule has 2 amide bonds. The normalized spacial score (nSPS) is 10.0. The Kier molecular flexibility index (Phi) is 7.90. The maximum absolute atomic E-state index is 12.2. The number of carbonyl (C=O) groups excluding carboxylic acids is 4. The lowest BCUT2D eigenvalue weighted by molar-refractivity contribution is -0.146. The van der Waals surface area contributed by atoms with Crippen LogP contribution in [-0.2, 0) is 14.3 Å². The molecule has 0 aliphatic heterocycles. The van der Waals surface area contributed by atoms with Crippen molar-refractivity contribution >= 4 is 29.3 Å². The van der Waals surface area contributed by atoms with Crippen LogP contribution >= 0.6 is 0 Å². The summed E-state index contributed by atoms with van der Waals surface area (Å²) in [6.45, 7) is 2.70. The minimum atomic E-state index is -0.764. The van der Waals surface area contributed by atoms with Crippen molar-refractivity contribution in [1.29, 1.82) is 0 Å². The maximum Gasteiger partial charge on any atom is 0.325 e. The number of rotatable bonds is 9. The molecule has 8 heteroatoms. The van der Waals surface area contributed by atoms with E-state index in [-0.39, 0.29) is 5.78 Å². The predicted octanol–water partition coefficient (Wildman–Crippen LogP) is 2.20. The van der Waals surface area contributed by atoms with Crippen LogP contribution < -0.4 is 15.4 Å². The number of ketones is 1. The van der Waals surface area contributed by atoms with Gasteiger partial charge < -0.3 is 20.1 Å². The summed E-state index contributed by atoms with van der Waals surface area (Å²) in [5.74, 6) is -1.54. The summed E-state index contributed by atoms with van der Waals surface area (Å²) in [6.07, 6.45) is 0. The highest BCUT2D eigenvalue weighted by atomic mass is 16.5. The second-order valence-electron chi connectivity index (χ2n) is 5.96. The van der Waals surface area contributed by atoms with Crippen LogP contribution in [0.5, 0.6) is 5.75 Å². The van der Waals surface area contributed by atoms with E-state index in [1.54, 1.807) is 49.4 Å². The van der Waals surface area contributed by atoms with Gasteiger partial charge in [0.25, 0.3) is 11.8 Å². The zero-order chi connectivity index (χ0) is 21.2. The van der Waals surface area contributed by atoms with Gasteiger partial charge in [0.1, 0.15) is 12.3 Å². The molecule has 0 bridgehead atoms. The summed E-state index contributed by atoms with van der Waals surface area (Å²) >= 11 is 0. The smallest absolute Gasteiger partial charge is 0.325 e. The topological polar surface area (TPSA) is 111 Å². The number of anilines is 1. The van der Waals surface area contributed by atoms with Crippen LogP contribution in [0.4, 0.5) is 5.69 Å². The first-order chi connectivity index (χ1) is 13.9. The molecule has 2 N–H and O–H groups in total. The molecule has 152 valence electrons. The molecule has 2 aromatic carbocycles. The SMILES string of the molecule is CCOc1ccccc1C(=O)NCC(=O)OCC(=O)Nc1cccc(C(C)=O)c1. The standard InChI is InChI=1S/C21H22N2O6/c1-3-28-18-10-5-4-9-17(18)21(27)22-12-20(26)29-13-19(25)23-16-8-6-7-15(11-16)14(2)24/h4-11H,3,12-13H2,1-2H3,(H,22,27)(H,23,25). The van der Waals surface area contributed by atoms with Gasteiger partial charge in [0, 0.05) is 11.3 Å². The van der Waals surface area contributed by atoms with Crippen molar-refractivity contribution in [2.75, 3.05) is 25.1 Å². The van der Waals surface area contributed by atoms with Crippen molar-refractivity contribution in [3.63, 3.8) is 0 Å². The fourth-order valence-corrected chi connectivity index (χ4v) is 2.39. The van der Waals surface area contributed by atoms with Gasteiger partial charge >= 0.3 is 5.97 Å². The van der Waals surface area contributed by atoms with Crippen molar-refractivity contribution in [3.05, 3.63) is 59.7 Å². The molecule has 0 aliphatic carbocycles. The molecule has 0 unspecified atom stereocenters. The Balaban J connectivity index is 1.80. The third-order valence-electron chi connectivity index (χ3n) is 3.74. The maximum atomic E-state index is 12.2. The second-order valence-corrected chi connectivity index (χ2v) is 5.96. The van der Waals surface area contributed by atoms with E-state index in [1.807, 2.05) is 0 Å². The van der Waals surface area contributed by atoms with Gasteiger partial charge in [0.15, 0.2) is 12.4 Å².